The molecule has 102 valence electrons. The Labute approximate surface area is 112 Å². The molecule has 1 unspecified atom stereocenters. The summed E-state index contributed by atoms with van der Waals surface area (Å²) in [7, 11) is 0. The van der Waals surface area contributed by atoms with Crippen molar-refractivity contribution in [2.75, 3.05) is 0 Å². The highest BCUT2D eigenvalue weighted by Gasteiger charge is 2.18. The van der Waals surface area contributed by atoms with Gasteiger partial charge in [-0.1, -0.05) is 19.9 Å². The number of aromatic nitrogens is 1. The van der Waals surface area contributed by atoms with Gasteiger partial charge in [-0.3, -0.25) is 4.79 Å². The highest BCUT2D eigenvalue weighted by molar-refractivity contribution is 5.90. The molecule has 1 aromatic carbocycles. The summed E-state index contributed by atoms with van der Waals surface area (Å²) in [5.41, 5.74) is 1.80. The number of hydrogen-bond donors (Lipinski definition) is 1. The zero-order valence-electron chi connectivity index (χ0n) is 11.5. The Balaban J connectivity index is 2.59. The number of carbonyl (C=O) groups is 1. The lowest BCUT2D eigenvalue weighted by Crippen LogP contribution is -2.03. The molecular weight excluding hydrogens is 242 g/mol. The fraction of sp³-hybridized carbons (Fsp3) is 0.400. The number of nitrogens with zero attached hydrogens (tertiary/aromatic N) is 1. The number of phenols is 1. The van der Waals surface area contributed by atoms with E-state index in [1.807, 2.05) is 18.3 Å². The molecule has 0 radical (unpaired) electrons. The monoisotopic (exact) mass is 261 g/mol. The van der Waals surface area contributed by atoms with Crippen LogP contribution in [0.25, 0.3) is 10.9 Å². The maximum absolute atomic E-state index is 10.5. The number of fused-ring (bicyclic) bond motifs is 1. The van der Waals surface area contributed by atoms with Crippen LogP contribution in [0.2, 0.25) is 0 Å². The van der Waals surface area contributed by atoms with E-state index in [9.17, 15) is 9.90 Å². The van der Waals surface area contributed by atoms with Crippen LogP contribution in [0.15, 0.2) is 24.4 Å². The third-order valence-electron chi connectivity index (χ3n) is 3.17. The number of benzene rings is 1. The van der Waals surface area contributed by atoms with Gasteiger partial charge in [0, 0.05) is 23.7 Å². The minimum Gasteiger partial charge on any atom is -0.507 e. The molecule has 4 nitrogen and oxygen atoms in total. The van der Waals surface area contributed by atoms with Crippen molar-refractivity contribution in [3.63, 3.8) is 0 Å². The van der Waals surface area contributed by atoms with Crippen LogP contribution in [0.3, 0.4) is 0 Å². The average molecular weight is 261 g/mol. The van der Waals surface area contributed by atoms with E-state index in [-0.39, 0.29) is 11.9 Å². The number of rotatable bonds is 5. The Morgan fingerprint density at radius 2 is 2.11 bits per heavy atom. The molecule has 4 heteroatoms. The largest absolute Gasteiger partial charge is 0.507 e. The molecule has 0 saturated carbocycles. The van der Waals surface area contributed by atoms with Crippen molar-refractivity contribution < 1.29 is 14.6 Å². The molecule has 19 heavy (non-hydrogen) atoms. The lowest BCUT2D eigenvalue weighted by Gasteiger charge is -2.08. The van der Waals surface area contributed by atoms with Gasteiger partial charge in [0.05, 0.1) is 5.52 Å². The fourth-order valence-corrected chi connectivity index (χ4v) is 2.37. The minimum absolute atomic E-state index is 0.219. The highest BCUT2D eigenvalue weighted by atomic mass is 16.5. The van der Waals surface area contributed by atoms with Gasteiger partial charge < -0.3 is 14.4 Å². The van der Waals surface area contributed by atoms with Gasteiger partial charge in [0.1, 0.15) is 11.9 Å². The highest BCUT2D eigenvalue weighted by Crippen LogP contribution is 2.34. The van der Waals surface area contributed by atoms with E-state index >= 15 is 0 Å². The second-order valence-corrected chi connectivity index (χ2v) is 5.18. The maximum atomic E-state index is 10.5. The number of ether oxygens (including phenoxy) is 1. The Bertz CT molecular complexity index is 586. The summed E-state index contributed by atoms with van der Waals surface area (Å²) in [5.74, 6) is 0.712. The van der Waals surface area contributed by atoms with Crippen LogP contribution in [-0.2, 0) is 16.1 Å². The lowest BCUT2D eigenvalue weighted by molar-refractivity contribution is -0.133. The van der Waals surface area contributed by atoms with Crippen LogP contribution < -0.4 is 0 Å². The van der Waals surface area contributed by atoms with Crippen molar-refractivity contribution in [2.45, 2.75) is 33.4 Å². The standard InChI is InChI=1S/C15H19NO3/c1-10(2)7-16-8-12(11(3)19-9-17)15-13(16)5-4-6-14(15)18/h4-6,8-11,18H,7H2,1-3H3. The maximum Gasteiger partial charge on any atom is 0.293 e. The smallest absolute Gasteiger partial charge is 0.293 e. The summed E-state index contributed by atoms with van der Waals surface area (Å²) in [6.07, 6.45) is 1.58. The molecule has 0 amide bonds. The van der Waals surface area contributed by atoms with Gasteiger partial charge >= 0.3 is 0 Å². The molecule has 0 spiro atoms. The van der Waals surface area contributed by atoms with Gasteiger partial charge in [0.25, 0.3) is 6.47 Å². The van der Waals surface area contributed by atoms with Crippen LogP contribution in [-0.4, -0.2) is 16.1 Å². The van der Waals surface area contributed by atoms with Gasteiger partial charge in [0.15, 0.2) is 0 Å². The summed E-state index contributed by atoms with van der Waals surface area (Å²) in [6, 6.07) is 5.44. The topological polar surface area (TPSA) is 51.5 Å². The van der Waals surface area contributed by atoms with E-state index in [0.717, 1.165) is 23.0 Å². The van der Waals surface area contributed by atoms with E-state index in [1.54, 1.807) is 13.0 Å². The van der Waals surface area contributed by atoms with Gasteiger partial charge in [-0.05, 0) is 25.0 Å². The first-order valence-electron chi connectivity index (χ1n) is 6.44. The van der Waals surface area contributed by atoms with Crippen molar-refractivity contribution in [2.24, 2.45) is 5.92 Å². The predicted octanol–water partition coefficient (Wildman–Crippen LogP) is 3.24. The molecule has 0 aliphatic rings. The van der Waals surface area contributed by atoms with Gasteiger partial charge in [-0.2, -0.15) is 0 Å². The van der Waals surface area contributed by atoms with Crippen LogP contribution in [0.4, 0.5) is 0 Å². The average Bonchev–Trinajstić information content (AvgIpc) is 2.69. The summed E-state index contributed by atoms with van der Waals surface area (Å²) >= 11 is 0. The Hall–Kier alpha value is -1.97. The number of phenolic OH excluding ortho intramolecular Hbond substituents is 1. The first kappa shape index (κ1) is 13.5. The third kappa shape index (κ3) is 2.57. The zero-order valence-corrected chi connectivity index (χ0v) is 11.5. The summed E-state index contributed by atoms with van der Waals surface area (Å²) in [4.78, 5) is 10.5. The van der Waals surface area contributed by atoms with E-state index in [0.29, 0.717) is 12.4 Å². The molecule has 1 aromatic heterocycles. The summed E-state index contributed by atoms with van der Waals surface area (Å²) < 4.78 is 7.10. The molecule has 0 aliphatic heterocycles. The summed E-state index contributed by atoms with van der Waals surface area (Å²) in [5, 5.41) is 10.8. The molecule has 1 N–H and O–H groups in total. The van der Waals surface area contributed by atoms with E-state index in [1.165, 1.54) is 0 Å². The van der Waals surface area contributed by atoms with E-state index < -0.39 is 0 Å². The fourth-order valence-electron chi connectivity index (χ4n) is 2.37. The van der Waals surface area contributed by atoms with Crippen LogP contribution in [0, 0.1) is 5.92 Å². The van der Waals surface area contributed by atoms with Gasteiger partial charge in [0.2, 0.25) is 0 Å². The van der Waals surface area contributed by atoms with Crippen LogP contribution in [0.1, 0.15) is 32.4 Å². The zero-order chi connectivity index (χ0) is 14.0. The van der Waals surface area contributed by atoms with E-state index in [4.69, 9.17) is 4.74 Å². The van der Waals surface area contributed by atoms with Crippen molar-refractivity contribution in [1.82, 2.24) is 4.57 Å². The Kier molecular flexibility index (Phi) is 3.79. The quantitative estimate of drug-likeness (QED) is 0.841. The van der Waals surface area contributed by atoms with E-state index in [2.05, 4.69) is 18.4 Å². The Morgan fingerprint density at radius 1 is 1.37 bits per heavy atom. The van der Waals surface area contributed by atoms with Crippen molar-refractivity contribution in [3.8, 4) is 5.75 Å². The molecule has 0 fully saturated rings. The lowest BCUT2D eigenvalue weighted by atomic mass is 10.1. The second-order valence-electron chi connectivity index (χ2n) is 5.18. The minimum atomic E-state index is -0.373. The molecule has 0 bridgehead atoms. The third-order valence-corrected chi connectivity index (χ3v) is 3.17. The van der Waals surface area contributed by atoms with Gasteiger partial charge in [-0.15, -0.1) is 0 Å². The van der Waals surface area contributed by atoms with Gasteiger partial charge in [-0.25, -0.2) is 0 Å². The predicted molar refractivity (Wildman–Crippen MR) is 74.0 cm³/mol. The molecule has 0 saturated heterocycles. The molecule has 1 heterocycles. The first-order chi connectivity index (χ1) is 9.04. The summed E-state index contributed by atoms with van der Waals surface area (Å²) in [6.45, 7) is 7.37. The molecule has 2 aromatic rings. The van der Waals surface area contributed by atoms with Crippen molar-refractivity contribution >= 4 is 17.4 Å². The Morgan fingerprint density at radius 3 is 2.74 bits per heavy atom. The molecule has 0 aliphatic carbocycles. The number of aromatic hydroxyl groups is 1. The first-order valence-corrected chi connectivity index (χ1v) is 6.44. The van der Waals surface area contributed by atoms with Crippen LogP contribution in [0.5, 0.6) is 5.75 Å². The molecular formula is C15H19NO3. The molecule has 1 atom stereocenters. The number of carbonyl (C=O) groups excluding carboxylic acids is 1. The van der Waals surface area contributed by atoms with Crippen LogP contribution >= 0.6 is 0 Å². The van der Waals surface area contributed by atoms with Crippen molar-refractivity contribution in [1.29, 1.82) is 0 Å². The molecule has 2 rings (SSSR count). The SMILES string of the molecule is CC(C)Cn1cc(C(C)OC=O)c2c(O)cccc21. The van der Waals surface area contributed by atoms with Crippen molar-refractivity contribution in [3.05, 3.63) is 30.0 Å². The second kappa shape index (κ2) is 5.34. The number of hydrogen-bond acceptors (Lipinski definition) is 3. The normalized spacial score (nSPS) is 12.8.